The standard InChI is InChI=1S/C16H27N3O3.HI/c1-5-17-16(18-10-7-11-20-3)19-13-8-9-14(22-6-2)15(12-13)21-4;/h8-9,12H,5-7,10-11H2,1-4H3,(H2,17,18,19);1H. The highest BCUT2D eigenvalue weighted by Crippen LogP contribution is 2.30. The summed E-state index contributed by atoms with van der Waals surface area (Å²) in [5.41, 5.74) is 0.895. The van der Waals surface area contributed by atoms with Gasteiger partial charge in [-0.3, -0.25) is 4.99 Å². The fraction of sp³-hybridized carbons (Fsp3) is 0.562. The number of anilines is 1. The van der Waals surface area contributed by atoms with Crippen LogP contribution in [0.5, 0.6) is 11.5 Å². The molecule has 6 nitrogen and oxygen atoms in total. The molecule has 0 aliphatic carbocycles. The van der Waals surface area contributed by atoms with Gasteiger partial charge in [0.05, 0.1) is 13.7 Å². The van der Waals surface area contributed by atoms with E-state index in [2.05, 4.69) is 15.6 Å². The maximum atomic E-state index is 5.51. The van der Waals surface area contributed by atoms with Crippen molar-refractivity contribution in [3.63, 3.8) is 0 Å². The van der Waals surface area contributed by atoms with Crippen molar-refractivity contribution in [2.24, 2.45) is 4.99 Å². The molecule has 0 saturated carbocycles. The Balaban J connectivity index is 0.00000484. The summed E-state index contributed by atoms with van der Waals surface area (Å²) in [4.78, 5) is 4.50. The van der Waals surface area contributed by atoms with Crippen LogP contribution in [0.4, 0.5) is 5.69 Å². The maximum Gasteiger partial charge on any atom is 0.195 e. The van der Waals surface area contributed by atoms with E-state index in [4.69, 9.17) is 14.2 Å². The van der Waals surface area contributed by atoms with Gasteiger partial charge in [0.25, 0.3) is 0 Å². The molecule has 0 atom stereocenters. The second-order valence-electron chi connectivity index (χ2n) is 4.53. The molecule has 0 amide bonds. The van der Waals surface area contributed by atoms with E-state index in [-0.39, 0.29) is 24.0 Å². The van der Waals surface area contributed by atoms with Crippen molar-refractivity contribution in [3.05, 3.63) is 18.2 Å². The molecule has 23 heavy (non-hydrogen) atoms. The van der Waals surface area contributed by atoms with Crippen LogP contribution in [0.1, 0.15) is 20.3 Å². The first kappa shape index (κ1) is 21.8. The lowest BCUT2D eigenvalue weighted by atomic mass is 10.2. The third kappa shape index (κ3) is 8.26. The molecule has 0 fully saturated rings. The fourth-order valence-corrected chi connectivity index (χ4v) is 1.86. The quantitative estimate of drug-likeness (QED) is 0.269. The van der Waals surface area contributed by atoms with Crippen LogP contribution in [0.3, 0.4) is 0 Å². The average molecular weight is 437 g/mol. The summed E-state index contributed by atoms with van der Waals surface area (Å²) in [6, 6.07) is 5.72. The number of hydrogen-bond acceptors (Lipinski definition) is 4. The second-order valence-corrected chi connectivity index (χ2v) is 4.53. The van der Waals surface area contributed by atoms with Gasteiger partial charge in [0.15, 0.2) is 17.5 Å². The van der Waals surface area contributed by atoms with Crippen LogP contribution in [0, 0.1) is 0 Å². The van der Waals surface area contributed by atoms with E-state index in [9.17, 15) is 0 Å². The van der Waals surface area contributed by atoms with Crippen LogP contribution < -0.4 is 20.1 Å². The Morgan fingerprint density at radius 1 is 1.17 bits per heavy atom. The largest absolute Gasteiger partial charge is 0.493 e. The number of aliphatic imine (C=N–C) groups is 1. The first-order valence-corrected chi connectivity index (χ1v) is 7.60. The molecule has 0 radical (unpaired) electrons. The van der Waals surface area contributed by atoms with Gasteiger partial charge >= 0.3 is 0 Å². The lowest BCUT2D eigenvalue weighted by molar-refractivity contribution is 0.197. The molecule has 0 aliphatic rings. The lowest BCUT2D eigenvalue weighted by Crippen LogP contribution is -2.30. The van der Waals surface area contributed by atoms with Gasteiger partial charge in [0.1, 0.15) is 0 Å². The zero-order valence-electron chi connectivity index (χ0n) is 14.3. The highest BCUT2D eigenvalue weighted by atomic mass is 127. The number of halogens is 1. The summed E-state index contributed by atoms with van der Waals surface area (Å²) in [6.07, 6.45) is 0.889. The van der Waals surface area contributed by atoms with Crippen LogP contribution in [0.2, 0.25) is 0 Å². The number of nitrogens with one attached hydrogen (secondary N) is 2. The minimum atomic E-state index is 0. The molecule has 0 aromatic heterocycles. The number of hydrogen-bond donors (Lipinski definition) is 2. The number of benzene rings is 1. The summed E-state index contributed by atoms with van der Waals surface area (Å²) in [5, 5.41) is 6.47. The third-order valence-corrected chi connectivity index (χ3v) is 2.85. The molecule has 2 N–H and O–H groups in total. The zero-order chi connectivity index (χ0) is 16.2. The van der Waals surface area contributed by atoms with E-state index in [0.717, 1.165) is 30.4 Å². The molecule has 0 unspecified atom stereocenters. The SMILES string of the molecule is CCNC(=NCCCOC)Nc1ccc(OCC)c(OC)c1.I. The highest BCUT2D eigenvalue weighted by Gasteiger charge is 2.06. The molecular formula is C16H28IN3O3. The van der Waals surface area contributed by atoms with Gasteiger partial charge in [-0.1, -0.05) is 0 Å². The van der Waals surface area contributed by atoms with Crippen LogP contribution >= 0.6 is 24.0 Å². The monoisotopic (exact) mass is 437 g/mol. The molecule has 0 bridgehead atoms. The van der Waals surface area contributed by atoms with E-state index in [0.29, 0.717) is 25.5 Å². The molecule has 1 aromatic carbocycles. The Kier molecular flexibility index (Phi) is 12.5. The zero-order valence-corrected chi connectivity index (χ0v) is 16.7. The summed E-state index contributed by atoms with van der Waals surface area (Å²) < 4.78 is 15.9. The predicted molar refractivity (Wildman–Crippen MR) is 106 cm³/mol. The molecule has 1 rings (SSSR count). The summed E-state index contributed by atoms with van der Waals surface area (Å²) in [7, 11) is 3.32. The van der Waals surface area contributed by atoms with E-state index in [1.807, 2.05) is 32.0 Å². The van der Waals surface area contributed by atoms with Gasteiger partial charge in [-0.25, -0.2) is 0 Å². The topological polar surface area (TPSA) is 64.1 Å². The first-order chi connectivity index (χ1) is 10.7. The van der Waals surface area contributed by atoms with Crippen molar-refractivity contribution >= 4 is 35.6 Å². The van der Waals surface area contributed by atoms with Crippen molar-refractivity contribution in [1.82, 2.24) is 5.32 Å². The van der Waals surface area contributed by atoms with Gasteiger partial charge in [-0.2, -0.15) is 0 Å². The molecule has 7 heteroatoms. The number of methoxy groups -OCH3 is 2. The second kappa shape index (κ2) is 13.2. The van der Waals surface area contributed by atoms with Crippen molar-refractivity contribution in [3.8, 4) is 11.5 Å². The maximum absolute atomic E-state index is 5.51. The predicted octanol–water partition coefficient (Wildman–Crippen LogP) is 3.13. The Labute approximate surface area is 156 Å². The molecule has 0 saturated heterocycles. The fourth-order valence-electron chi connectivity index (χ4n) is 1.86. The van der Waals surface area contributed by atoms with Gasteiger partial charge < -0.3 is 24.8 Å². The molecule has 0 heterocycles. The van der Waals surface area contributed by atoms with Crippen molar-refractivity contribution in [1.29, 1.82) is 0 Å². The summed E-state index contributed by atoms with van der Waals surface area (Å²) >= 11 is 0. The first-order valence-electron chi connectivity index (χ1n) is 7.60. The minimum absolute atomic E-state index is 0. The number of ether oxygens (including phenoxy) is 3. The molecular weight excluding hydrogens is 409 g/mol. The Morgan fingerprint density at radius 2 is 1.96 bits per heavy atom. The van der Waals surface area contributed by atoms with Crippen LogP contribution in [0.25, 0.3) is 0 Å². The molecule has 132 valence electrons. The summed E-state index contributed by atoms with van der Waals surface area (Å²) in [6.45, 7) is 6.79. The molecule has 0 aliphatic heterocycles. The van der Waals surface area contributed by atoms with Gasteiger partial charge in [-0.15, -0.1) is 24.0 Å². The van der Waals surface area contributed by atoms with E-state index in [1.165, 1.54) is 0 Å². The Hall–Kier alpha value is -1.22. The molecule has 0 spiro atoms. The van der Waals surface area contributed by atoms with Gasteiger partial charge in [0, 0.05) is 38.6 Å². The van der Waals surface area contributed by atoms with E-state index < -0.39 is 0 Å². The summed E-state index contributed by atoms with van der Waals surface area (Å²) in [5.74, 6) is 2.17. The minimum Gasteiger partial charge on any atom is -0.493 e. The third-order valence-electron chi connectivity index (χ3n) is 2.85. The van der Waals surface area contributed by atoms with Crippen molar-refractivity contribution in [2.75, 3.05) is 45.8 Å². The number of guanidine groups is 1. The Bertz CT molecular complexity index is 470. The lowest BCUT2D eigenvalue weighted by Gasteiger charge is -2.14. The van der Waals surface area contributed by atoms with Crippen LogP contribution in [-0.4, -0.2) is 46.5 Å². The Morgan fingerprint density at radius 3 is 2.57 bits per heavy atom. The van der Waals surface area contributed by atoms with Crippen molar-refractivity contribution in [2.45, 2.75) is 20.3 Å². The normalized spacial score (nSPS) is 10.7. The van der Waals surface area contributed by atoms with E-state index in [1.54, 1.807) is 14.2 Å². The molecule has 1 aromatic rings. The van der Waals surface area contributed by atoms with E-state index >= 15 is 0 Å². The number of rotatable bonds is 9. The smallest absolute Gasteiger partial charge is 0.195 e. The van der Waals surface area contributed by atoms with Gasteiger partial charge in [0.2, 0.25) is 0 Å². The van der Waals surface area contributed by atoms with Crippen LogP contribution in [0.15, 0.2) is 23.2 Å². The number of nitrogens with zero attached hydrogens (tertiary/aromatic N) is 1. The highest BCUT2D eigenvalue weighted by molar-refractivity contribution is 14.0. The van der Waals surface area contributed by atoms with Crippen LogP contribution in [-0.2, 0) is 4.74 Å². The van der Waals surface area contributed by atoms with Gasteiger partial charge in [-0.05, 0) is 32.4 Å². The van der Waals surface area contributed by atoms with Crippen molar-refractivity contribution < 1.29 is 14.2 Å². The average Bonchev–Trinajstić information content (AvgIpc) is 2.53.